The molecular weight excluding hydrogens is 494 g/mol. The first kappa shape index (κ1) is 24.7. The molecule has 1 saturated carbocycles. The van der Waals surface area contributed by atoms with Crippen LogP contribution in [0.5, 0.6) is 0 Å². The van der Waals surface area contributed by atoms with Crippen LogP contribution in [0, 0.1) is 0 Å². The van der Waals surface area contributed by atoms with Crippen molar-refractivity contribution in [1.29, 1.82) is 0 Å². The standard InChI is InChI=1S/C28H28ClN3O3S/c1-2-18-7-6-10-23-19(16-31(26(18)23)17-25(33)30-21-8-4-3-5-9-21)15-24-27(34)32(28(35)36-24)22-13-11-20(29)12-14-22/h6-7,10-16,21H,2-5,8-9,17H2,1H3,(H,30,33)/b24-15-. The first-order valence-electron chi connectivity index (χ1n) is 12.4. The van der Waals surface area contributed by atoms with Gasteiger partial charge in [0.15, 0.2) is 0 Å². The van der Waals surface area contributed by atoms with Gasteiger partial charge in [-0.2, -0.15) is 0 Å². The molecule has 2 heterocycles. The van der Waals surface area contributed by atoms with Crippen molar-refractivity contribution in [2.24, 2.45) is 0 Å². The Labute approximate surface area is 219 Å². The molecule has 0 unspecified atom stereocenters. The second-order valence-electron chi connectivity index (χ2n) is 9.28. The fourth-order valence-electron chi connectivity index (χ4n) is 5.09. The van der Waals surface area contributed by atoms with Crippen molar-refractivity contribution < 1.29 is 14.4 Å². The van der Waals surface area contributed by atoms with E-state index in [1.54, 1.807) is 30.3 Å². The minimum Gasteiger partial charge on any atom is -0.352 e. The SMILES string of the molecule is CCc1cccc2c(/C=C3\SC(=O)N(c4ccc(Cl)cc4)C3=O)cn(CC(=O)NC3CCCCC3)c12. The summed E-state index contributed by atoms with van der Waals surface area (Å²) in [6.07, 6.45) is 10.1. The van der Waals surface area contributed by atoms with Crippen molar-refractivity contribution in [2.75, 3.05) is 4.90 Å². The number of hydrogen-bond acceptors (Lipinski definition) is 4. The van der Waals surface area contributed by atoms with Crippen LogP contribution in [-0.4, -0.2) is 27.7 Å². The number of carbonyl (C=O) groups is 3. The molecule has 0 spiro atoms. The Bertz CT molecular complexity index is 1360. The zero-order chi connectivity index (χ0) is 25.2. The summed E-state index contributed by atoms with van der Waals surface area (Å²) in [5, 5.41) is 4.34. The molecule has 0 atom stereocenters. The lowest BCUT2D eigenvalue weighted by Gasteiger charge is -2.23. The van der Waals surface area contributed by atoms with Gasteiger partial charge in [0, 0.05) is 28.2 Å². The number of nitrogens with zero attached hydrogens (tertiary/aromatic N) is 2. The van der Waals surface area contributed by atoms with Crippen LogP contribution < -0.4 is 10.2 Å². The van der Waals surface area contributed by atoms with Crippen LogP contribution in [0.15, 0.2) is 53.6 Å². The maximum Gasteiger partial charge on any atom is 0.298 e. The Morgan fingerprint density at radius 1 is 1.11 bits per heavy atom. The molecular formula is C28H28ClN3O3S. The summed E-state index contributed by atoms with van der Waals surface area (Å²) in [6, 6.07) is 12.9. The molecule has 3 aromatic rings. The third kappa shape index (κ3) is 4.95. The van der Waals surface area contributed by atoms with E-state index in [4.69, 9.17) is 11.6 Å². The fraction of sp³-hybridized carbons (Fsp3) is 0.321. The Hall–Kier alpha value is -3.03. The van der Waals surface area contributed by atoms with Gasteiger partial charge in [0.25, 0.3) is 11.1 Å². The molecule has 5 rings (SSSR count). The number of carbonyl (C=O) groups excluding carboxylic acids is 3. The van der Waals surface area contributed by atoms with Crippen molar-refractivity contribution in [3.05, 3.63) is 69.7 Å². The summed E-state index contributed by atoms with van der Waals surface area (Å²) in [7, 11) is 0. The number of nitrogens with one attached hydrogen (secondary N) is 1. The van der Waals surface area contributed by atoms with Gasteiger partial charge < -0.3 is 9.88 Å². The number of amides is 3. The highest BCUT2D eigenvalue weighted by molar-refractivity contribution is 8.19. The summed E-state index contributed by atoms with van der Waals surface area (Å²) >= 11 is 6.88. The van der Waals surface area contributed by atoms with Gasteiger partial charge in [-0.05, 0) is 66.9 Å². The van der Waals surface area contributed by atoms with Crippen molar-refractivity contribution in [2.45, 2.75) is 58.0 Å². The number of para-hydroxylation sites is 1. The highest BCUT2D eigenvalue weighted by Gasteiger charge is 2.36. The number of benzene rings is 2. The first-order chi connectivity index (χ1) is 17.4. The van der Waals surface area contributed by atoms with E-state index in [1.807, 2.05) is 22.9 Å². The molecule has 36 heavy (non-hydrogen) atoms. The van der Waals surface area contributed by atoms with Gasteiger partial charge in [0.1, 0.15) is 6.54 Å². The molecule has 2 fully saturated rings. The molecule has 3 amide bonds. The monoisotopic (exact) mass is 521 g/mol. The van der Waals surface area contributed by atoms with Gasteiger partial charge in [0.05, 0.1) is 16.1 Å². The molecule has 0 bridgehead atoms. The number of aryl methyl sites for hydroxylation is 1. The van der Waals surface area contributed by atoms with Crippen molar-refractivity contribution >= 4 is 63.1 Å². The molecule has 2 aromatic carbocycles. The van der Waals surface area contributed by atoms with Crippen LogP contribution >= 0.6 is 23.4 Å². The number of rotatable bonds is 6. The Morgan fingerprint density at radius 3 is 2.58 bits per heavy atom. The van der Waals surface area contributed by atoms with Crippen LogP contribution in [0.3, 0.4) is 0 Å². The number of fused-ring (bicyclic) bond motifs is 1. The van der Waals surface area contributed by atoms with Crippen LogP contribution in [0.2, 0.25) is 5.02 Å². The number of hydrogen-bond donors (Lipinski definition) is 1. The second kappa shape index (κ2) is 10.5. The van der Waals surface area contributed by atoms with Gasteiger partial charge >= 0.3 is 0 Å². The van der Waals surface area contributed by atoms with E-state index in [1.165, 1.54) is 11.3 Å². The molecule has 1 saturated heterocycles. The maximum atomic E-state index is 13.2. The predicted molar refractivity (Wildman–Crippen MR) is 146 cm³/mol. The van der Waals surface area contributed by atoms with Gasteiger partial charge in [-0.15, -0.1) is 0 Å². The highest BCUT2D eigenvalue weighted by atomic mass is 35.5. The van der Waals surface area contributed by atoms with E-state index < -0.39 is 0 Å². The number of halogens is 1. The molecule has 1 aliphatic carbocycles. The topological polar surface area (TPSA) is 71.4 Å². The number of aromatic nitrogens is 1. The summed E-state index contributed by atoms with van der Waals surface area (Å²) < 4.78 is 1.97. The second-order valence-corrected chi connectivity index (χ2v) is 10.7. The van der Waals surface area contributed by atoms with E-state index in [0.717, 1.165) is 65.9 Å². The number of anilines is 1. The summed E-state index contributed by atoms with van der Waals surface area (Å²) in [5.41, 5.74) is 3.42. The van der Waals surface area contributed by atoms with Crippen LogP contribution in [0.25, 0.3) is 17.0 Å². The largest absolute Gasteiger partial charge is 0.352 e. The van der Waals surface area contributed by atoms with Gasteiger partial charge in [-0.3, -0.25) is 14.4 Å². The number of thioether (sulfide) groups is 1. The molecule has 1 aromatic heterocycles. The normalized spacial score (nSPS) is 17.9. The zero-order valence-electron chi connectivity index (χ0n) is 20.1. The number of imide groups is 1. The third-order valence-corrected chi connectivity index (χ3v) is 7.96. The van der Waals surface area contributed by atoms with E-state index >= 15 is 0 Å². The molecule has 0 radical (unpaired) electrons. The molecule has 2 aliphatic rings. The average Bonchev–Trinajstić information content (AvgIpc) is 3.36. The fourth-order valence-corrected chi connectivity index (χ4v) is 6.05. The Balaban J connectivity index is 1.46. The van der Waals surface area contributed by atoms with Gasteiger partial charge in [-0.1, -0.05) is 56.0 Å². The van der Waals surface area contributed by atoms with E-state index in [2.05, 4.69) is 18.3 Å². The maximum absolute atomic E-state index is 13.2. The van der Waals surface area contributed by atoms with E-state index in [9.17, 15) is 14.4 Å². The smallest absolute Gasteiger partial charge is 0.298 e. The van der Waals surface area contributed by atoms with E-state index in [0.29, 0.717) is 15.6 Å². The highest BCUT2D eigenvalue weighted by Crippen LogP contribution is 2.37. The van der Waals surface area contributed by atoms with Crippen LogP contribution in [-0.2, 0) is 22.6 Å². The third-order valence-electron chi connectivity index (χ3n) is 6.84. The predicted octanol–water partition coefficient (Wildman–Crippen LogP) is 6.55. The minimum absolute atomic E-state index is 0.000631. The molecule has 8 heteroatoms. The minimum atomic E-state index is -0.366. The molecule has 1 aliphatic heterocycles. The van der Waals surface area contributed by atoms with Gasteiger partial charge in [-0.25, -0.2) is 4.90 Å². The first-order valence-corrected chi connectivity index (χ1v) is 13.6. The molecule has 186 valence electrons. The van der Waals surface area contributed by atoms with Crippen LogP contribution in [0.4, 0.5) is 10.5 Å². The summed E-state index contributed by atoms with van der Waals surface area (Å²) in [6.45, 7) is 2.30. The zero-order valence-corrected chi connectivity index (χ0v) is 21.7. The molecule has 1 N–H and O–H groups in total. The average molecular weight is 522 g/mol. The Kier molecular flexibility index (Phi) is 7.21. The quantitative estimate of drug-likeness (QED) is 0.373. The van der Waals surface area contributed by atoms with Crippen molar-refractivity contribution in [3.8, 4) is 0 Å². The lowest BCUT2D eigenvalue weighted by atomic mass is 9.95. The van der Waals surface area contributed by atoms with Crippen LogP contribution in [0.1, 0.15) is 50.2 Å². The lowest BCUT2D eigenvalue weighted by molar-refractivity contribution is -0.122. The lowest BCUT2D eigenvalue weighted by Crippen LogP contribution is -2.38. The van der Waals surface area contributed by atoms with Gasteiger partial charge in [0.2, 0.25) is 5.91 Å². The Morgan fingerprint density at radius 2 is 1.86 bits per heavy atom. The summed E-state index contributed by atoms with van der Waals surface area (Å²) in [4.78, 5) is 40.3. The van der Waals surface area contributed by atoms with Crippen molar-refractivity contribution in [1.82, 2.24) is 9.88 Å². The van der Waals surface area contributed by atoms with Crippen molar-refractivity contribution in [3.63, 3.8) is 0 Å². The molecule has 6 nitrogen and oxygen atoms in total. The summed E-state index contributed by atoms with van der Waals surface area (Å²) in [5.74, 6) is -0.366. The van der Waals surface area contributed by atoms with E-state index in [-0.39, 0.29) is 29.6 Å².